The summed E-state index contributed by atoms with van der Waals surface area (Å²) >= 11 is 13.5. The second-order valence-electron chi connectivity index (χ2n) is 6.39. The summed E-state index contributed by atoms with van der Waals surface area (Å²) in [6.45, 7) is 0.432. The van der Waals surface area contributed by atoms with E-state index in [1.54, 1.807) is 17.0 Å². The van der Waals surface area contributed by atoms with E-state index in [0.717, 1.165) is 16.3 Å². The molecule has 1 fully saturated rings. The van der Waals surface area contributed by atoms with Crippen molar-refractivity contribution in [2.75, 3.05) is 17.4 Å². The Morgan fingerprint density at radius 2 is 1.67 bits per heavy atom. The van der Waals surface area contributed by atoms with E-state index in [0.29, 0.717) is 28.2 Å². The highest BCUT2D eigenvalue weighted by molar-refractivity contribution is 8.03. The number of rotatable bonds is 2. The minimum Gasteiger partial charge on any atom is -0.344 e. The van der Waals surface area contributed by atoms with Gasteiger partial charge in [0.25, 0.3) is 0 Å². The van der Waals surface area contributed by atoms with Crippen LogP contribution < -0.4 is 4.90 Å². The normalized spacial score (nSPS) is 19.7. The number of allylic oxidation sites excluding steroid dienone is 1. The van der Waals surface area contributed by atoms with Crippen LogP contribution in [0.5, 0.6) is 0 Å². The molecule has 4 rings (SSSR count). The van der Waals surface area contributed by atoms with Gasteiger partial charge >= 0.3 is 0 Å². The lowest BCUT2D eigenvalue weighted by molar-refractivity contribution is -0.129. The Labute approximate surface area is 172 Å². The standard InChI is InChI=1S/C20H15Cl2N3OS/c21-14-3-1-13(2-4-14)17-9-19(26)25-11-24(12-27-20(25)18(17)10-23)16-7-5-15(22)6-8-16/h1-8,17H,9,11-12H2. The molecule has 1 amide bonds. The van der Waals surface area contributed by atoms with E-state index in [1.165, 1.54) is 11.8 Å². The third-order valence-electron chi connectivity index (χ3n) is 4.76. The average Bonchev–Trinajstić information content (AvgIpc) is 2.69. The molecule has 1 saturated heterocycles. The summed E-state index contributed by atoms with van der Waals surface area (Å²) < 4.78 is 0. The van der Waals surface area contributed by atoms with Crippen molar-refractivity contribution >= 4 is 46.6 Å². The van der Waals surface area contributed by atoms with Crippen LogP contribution in [-0.4, -0.2) is 23.4 Å². The molecular weight excluding hydrogens is 401 g/mol. The van der Waals surface area contributed by atoms with Crippen LogP contribution in [0.4, 0.5) is 5.69 Å². The molecule has 4 nitrogen and oxygen atoms in total. The third kappa shape index (κ3) is 3.53. The fourth-order valence-corrected chi connectivity index (χ4v) is 4.78. The van der Waals surface area contributed by atoms with Gasteiger partial charge in [0.05, 0.1) is 29.2 Å². The van der Waals surface area contributed by atoms with Crippen LogP contribution in [0.1, 0.15) is 17.9 Å². The van der Waals surface area contributed by atoms with Crippen molar-refractivity contribution in [3.05, 3.63) is 74.7 Å². The first-order valence-corrected chi connectivity index (χ1v) is 10.1. The Kier molecular flexibility index (Phi) is 5.05. The van der Waals surface area contributed by atoms with E-state index in [2.05, 4.69) is 11.0 Å². The van der Waals surface area contributed by atoms with Gasteiger partial charge in [0.2, 0.25) is 5.91 Å². The molecule has 0 aliphatic carbocycles. The molecule has 2 aromatic rings. The average molecular weight is 416 g/mol. The smallest absolute Gasteiger partial charge is 0.229 e. The van der Waals surface area contributed by atoms with Gasteiger partial charge in [0, 0.05) is 28.1 Å². The molecule has 0 bridgehead atoms. The van der Waals surface area contributed by atoms with Crippen molar-refractivity contribution in [2.24, 2.45) is 0 Å². The van der Waals surface area contributed by atoms with Crippen molar-refractivity contribution in [2.45, 2.75) is 12.3 Å². The lowest BCUT2D eigenvalue weighted by Crippen LogP contribution is -2.47. The first-order chi connectivity index (χ1) is 13.1. The molecule has 2 aliphatic rings. The van der Waals surface area contributed by atoms with Crippen LogP contribution in [0.15, 0.2) is 59.1 Å². The van der Waals surface area contributed by atoms with Crippen LogP contribution in [0, 0.1) is 11.3 Å². The van der Waals surface area contributed by atoms with E-state index in [4.69, 9.17) is 23.2 Å². The number of halogens is 2. The molecular formula is C20H15Cl2N3OS. The van der Waals surface area contributed by atoms with Gasteiger partial charge in [-0.1, -0.05) is 47.1 Å². The summed E-state index contributed by atoms with van der Waals surface area (Å²) in [5, 5.41) is 11.9. The number of fused-ring (bicyclic) bond motifs is 1. The van der Waals surface area contributed by atoms with Gasteiger partial charge in [-0.25, -0.2) is 0 Å². The quantitative estimate of drug-likeness (QED) is 0.674. The van der Waals surface area contributed by atoms with E-state index < -0.39 is 0 Å². The third-order valence-corrected chi connectivity index (χ3v) is 6.42. The maximum absolute atomic E-state index is 12.9. The number of carbonyl (C=O) groups is 1. The molecule has 0 saturated carbocycles. The summed E-state index contributed by atoms with van der Waals surface area (Å²) in [6.07, 6.45) is 0.281. The molecule has 0 radical (unpaired) electrons. The van der Waals surface area contributed by atoms with Crippen LogP contribution in [0.3, 0.4) is 0 Å². The number of carbonyl (C=O) groups excluding carboxylic acids is 1. The van der Waals surface area contributed by atoms with Gasteiger partial charge in [-0.3, -0.25) is 9.69 Å². The number of amides is 1. The second kappa shape index (κ2) is 7.47. The fraction of sp³-hybridized carbons (Fsp3) is 0.200. The van der Waals surface area contributed by atoms with E-state index in [1.807, 2.05) is 36.4 Å². The van der Waals surface area contributed by atoms with Gasteiger partial charge < -0.3 is 4.90 Å². The molecule has 2 heterocycles. The molecule has 1 unspecified atom stereocenters. The SMILES string of the molecule is N#CC1=C2SCN(c3ccc(Cl)cc3)CN2C(=O)CC1c1ccc(Cl)cc1. The number of hydrogen-bond donors (Lipinski definition) is 0. The van der Waals surface area contributed by atoms with Crippen LogP contribution in [-0.2, 0) is 4.79 Å². The number of hydrogen-bond acceptors (Lipinski definition) is 4. The highest BCUT2D eigenvalue weighted by Gasteiger charge is 2.38. The molecule has 2 aromatic carbocycles. The fourth-order valence-electron chi connectivity index (χ4n) is 3.36. The van der Waals surface area contributed by atoms with Crippen LogP contribution in [0.2, 0.25) is 10.0 Å². The first kappa shape index (κ1) is 18.2. The first-order valence-electron chi connectivity index (χ1n) is 8.40. The van der Waals surface area contributed by atoms with Gasteiger partial charge in [-0.15, -0.1) is 0 Å². The summed E-state index contributed by atoms with van der Waals surface area (Å²) in [4.78, 5) is 16.7. The number of benzene rings is 2. The predicted molar refractivity (Wildman–Crippen MR) is 110 cm³/mol. The maximum Gasteiger partial charge on any atom is 0.229 e. The van der Waals surface area contributed by atoms with Crippen molar-refractivity contribution in [1.82, 2.24) is 4.90 Å². The number of nitriles is 1. The predicted octanol–water partition coefficient (Wildman–Crippen LogP) is 5.21. The Hall–Kier alpha value is -2.13. The van der Waals surface area contributed by atoms with Gasteiger partial charge in [0.15, 0.2) is 0 Å². The van der Waals surface area contributed by atoms with E-state index >= 15 is 0 Å². The van der Waals surface area contributed by atoms with E-state index in [9.17, 15) is 10.1 Å². The summed E-state index contributed by atoms with van der Waals surface area (Å²) in [5.41, 5.74) is 2.59. The summed E-state index contributed by atoms with van der Waals surface area (Å²) in [7, 11) is 0. The minimum absolute atomic E-state index is 0.0233. The van der Waals surface area contributed by atoms with Gasteiger partial charge in [0.1, 0.15) is 0 Å². The number of thioether (sulfide) groups is 1. The second-order valence-corrected chi connectivity index (χ2v) is 8.20. The highest BCUT2D eigenvalue weighted by atomic mass is 35.5. The lowest BCUT2D eigenvalue weighted by Gasteiger charge is -2.42. The Morgan fingerprint density at radius 1 is 1.04 bits per heavy atom. The zero-order chi connectivity index (χ0) is 19.0. The molecule has 2 aliphatic heterocycles. The number of nitrogens with zero attached hydrogens (tertiary/aromatic N) is 3. The monoisotopic (exact) mass is 415 g/mol. The van der Waals surface area contributed by atoms with Crippen molar-refractivity contribution in [3.8, 4) is 6.07 Å². The Bertz CT molecular complexity index is 951. The highest BCUT2D eigenvalue weighted by Crippen LogP contribution is 2.43. The minimum atomic E-state index is -0.222. The summed E-state index contributed by atoms with van der Waals surface area (Å²) in [6, 6.07) is 17.3. The molecule has 136 valence electrons. The molecule has 0 spiro atoms. The summed E-state index contributed by atoms with van der Waals surface area (Å²) in [5.74, 6) is 0.468. The topological polar surface area (TPSA) is 47.3 Å². The molecule has 0 aromatic heterocycles. The molecule has 7 heteroatoms. The van der Waals surface area contributed by atoms with Crippen LogP contribution in [0.25, 0.3) is 0 Å². The molecule has 27 heavy (non-hydrogen) atoms. The van der Waals surface area contributed by atoms with Crippen molar-refractivity contribution in [3.63, 3.8) is 0 Å². The van der Waals surface area contributed by atoms with Gasteiger partial charge in [-0.2, -0.15) is 5.26 Å². The van der Waals surface area contributed by atoms with E-state index in [-0.39, 0.29) is 18.2 Å². The Balaban J connectivity index is 1.65. The van der Waals surface area contributed by atoms with Crippen molar-refractivity contribution in [1.29, 1.82) is 5.26 Å². The zero-order valence-corrected chi connectivity index (χ0v) is 16.6. The van der Waals surface area contributed by atoms with Gasteiger partial charge in [-0.05, 0) is 42.0 Å². The Morgan fingerprint density at radius 3 is 2.30 bits per heavy atom. The lowest BCUT2D eigenvalue weighted by atomic mass is 9.86. The van der Waals surface area contributed by atoms with Crippen molar-refractivity contribution < 1.29 is 4.79 Å². The zero-order valence-electron chi connectivity index (χ0n) is 14.2. The van der Waals surface area contributed by atoms with Crippen LogP contribution >= 0.6 is 35.0 Å². The number of anilines is 1. The maximum atomic E-state index is 12.9. The largest absolute Gasteiger partial charge is 0.344 e. The molecule has 1 atom stereocenters. The molecule has 0 N–H and O–H groups in total.